The average Bonchev–Trinajstić information content (AvgIpc) is 2.81. The number of pyridine rings is 1. The standard InChI is InChI=1S/C23H21ClFN5O/c24-15-3-7-21(28-12-15)29-19-10-14-2-6-20(19)30(13-14)23(31)17-5-4-16(25)11-18(17)22-26-8-1-9-27-22/h1,3-5,7-9,11-12,14,19-20H,2,6,10,13H2,(H,28,29). The van der Waals surface area contributed by atoms with E-state index in [4.69, 9.17) is 11.6 Å². The maximum Gasteiger partial charge on any atom is 0.254 e. The first-order valence-electron chi connectivity index (χ1n) is 10.3. The number of nitrogens with one attached hydrogen (secondary N) is 1. The number of nitrogens with zero attached hydrogens (tertiary/aromatic N) is 4. The third-order valence-electron chi connectivity index (χ3n) is 6.12. The lowest BCUT2D eigenvalue weighted by molar-refractivity contribution is 0.0282. The summed E-state index contributed by atoms with van der Waals surface area (Å²) in [6.07, 6.45) is 7.78. The number of hydrogen-bond acceptors (Lipinski definition) is 5. The summed E-state index contributed by atoms with van der Waals surface area (Å²) in [7, 11) is 0. The van der Waals surface area contributed by atoms with Gasteiger partial charge in [0.25, 0.3) is 5.91 Å². The highest BCUT2D eigenvalue weighted by Crippen LogP contribution is 2.38. The van der Waals surface area contributed by atoms with Crippen LogP contribution in [0, 0.1) is 11.7 Å². The number of benzene rings is 1. The number of rotatable bonds is 4. The summed E-state index contributed by atoms with van der Waals surface area (Å²) in [6.45, 7) is 0.697. The van der Waals surface area contributed by atoms with Gasteiger partial charge in [-0.15, -0.1) is 0 Å². The minimum Gasteiger partial charge on any atom is -0.365 e. The first kappa shape index (κ1) is 19.9. The number of anilines is 1. The molecule has 2 saturated heterocycles. The fourth-order valence-corrected chi connectivity index (χ4v) is 4.83. The van der Waals surface area contributed by atoms with Crippen molar-refractivity contribution in [2.24, 2.45) is 5.92 Å². The molecule has 3 atom stereocenters. The zero-order valence-electron chi connectivity index (χ0n) is 16.7. The third-order valence-corrected chi connectivity index (χ3v) is 6.34. The van der Waals surface area contributed by atoms with Crippen molar-refractivity contribution in [3.8, 4) is 11.4 Å². The Morgan fingerprint density at radius 1 is 1.13 bits per heavy atom. The number of hydrogen-bond donors (Lipinski definition) is 1. The van der Waals surface area contributed by atoms with Crippen molar-refractivity contribution in [3.63, 3.8) is 0 Å². The largest absolute Gasteiger partial charge is 0.365 e. The van der Waals surface area contributed by atoms with Crippen molar-refractivity contribution in [1.29, 1.82) is 0 Å². The van der Waals surface area contributed by atoms with Crippen LogP contribution in [-0.2, 0) is 0 Å². The fourth-order valence-electron chi connectivity index (χ4n) is 4.71. The summed E-state index contributed by atoms with van der Waals surface area (Å²) >= 11 is 5.95. The van der Waals surface area contributed by atoms with Crippen LogP contribution in [0.1, 0.15) is 29.6 Å². The average molecular weight is 438 g/mol. The van der Waals surface area contributed by atoms with Crippen molar-refractivity contribution in [2.75, 3.05) is 11.9 Å². The van der Waals surface area contributed by atoms with Crippen LogP contribution in [0.15, 0.2) is 55.0 Å². The normalized spacial score (nSPS) is 22.4. The molecule has 3 aromatic rings. The number of aromatic nitrogens is 3. The second kappa shape index (κ2) is 8.23. The number of carbonyl (C=O) groups excluding carboxylic acids is 1. The smallest absolute Gasteiger partial charge is 0.254 e. The zero-order chi connectivity index (χ0) is 21.4. The molecule has 2 bridgehead atoms. The van der Waals surface area contributed by atoms with E-state index in [2.05, 4.69) is 20.3 Å². The van der Waals surface area contributed by atoms with Crippen LogP contribution in [0.25, 0.3) is 11.4 Å². The molecule has 1 amide bonds. The lowest BCUT2D eigenvalue weighted by atomic mass is 9.76. The summed E-state index contributed by atoms with van der Waals surface area (Å²) in [5.41, 5.74) is 0.833. The molecule has 6 rings (SSSR count). The van der Waals surface area contributed by atoms with E-state index in [1.807, 2.05) is 11.0 Å². The highest BCUT2D eigenvalue weighted by molar-refractivity contribution is 6.30. The van der Waals surface area contributed by atoms with Crippen LogP contribution in [-0.4, -0.2) is 44.4 Å². The molecule has 1 aliphatic carbocycles. The maximum atomic E-state index is 14.0. The topological polar surface area (TPSA) is 71.0 Å². The van der Waals surface area contributed by atoms with Crippen LogP contribution >= 0.6 is 11.6 Å². The summed E-state index contributed by atoms with van der Waals surface area (Å²) < 4.78 is 14.0. The van der Waals surface area contributed by atoms with Crippen LogP contribution in [0.3, 0.4) is 0 Å². The molecule has 3 unspecified atom stereocenters. The van der Waals surface area contributed by atoms with E-state index in [0.29, 0.717) is 34.4 Å². The quantitative estimate of drug-likeness (QED) is 0.653. The predicted octanol–water partition coefficient (Wildman–Crippen LogP) is 4.44. The van der Waals surface area contributed by atoms with Crippen molar-refractivity contribution in [3.05, 3.63) is 71.4 Å². The molecule has 2 aromatic heterocycles. The second-order valence-corrected chi connectivity index (χ2v) is 8.52. The molecule has 1 N–H and O–H groups in total. The van der Waals surface area contributed by atoms with Gasteiger partial charge in [0, 0.05) is 36.7 Å². The lowest BCUT2D eigenvalue weighted by Gasteiger charge is -2.50. The number of halogens is 2. The molecule has 1 aromatic carbocycles. The van der Waals surface area contributed by atoms with Crippen molar-refractivity contribution in [2.45, 2.75) is 31.3 Å². The van der Waals surface area contributed by atoms with Gasteiger partial charge in [0.1, 0.15) is 11.6 Å². The van der Waals surface area contributed by atoms with E-state index in [1.54, 1.807) is 30.7 Å². The summed E-state index contributed by atoms with van der Waals surface area (Å²) in [5.74, 6) is 0.956. The van der Waals surface area contributed by atoms with E-state index in [-0.39, 0.29) is 18.0 Å². The van der Waals surface area contributed by atoms with Gasteiger partial charge in [-0.3, -0.25) is 4.79 Å². The van der Waals surface area contributed by atoms with E-state index in [1.165, 1.54) is 18.2 Å². The first-order chi connectivity index (χ1) is 15.1. The Kier molecular flexibility index (Phi) is 5.28. The fraction of sp³-hybridized carbons (Fsp3) is 0.304. The zero-order valence-corrected chi connectivity index (χ0v) is 17.5. The summed E-state index contributed by atoms with van der Waals surface area (Å²) in [6, 6.07) is 9.65. The highest BCUT2D eigenvalue weighted by atomic mass is 35.5. The number of fused-ring (bicyclic) bond motifs is 3. The second-order valence-electron chi connectivity index (χ2n) is 8.08. The Hall–Kier alpha value is -3.06. The highest BCUT2D eigenvalue weighted by Gasteiger charge is 2.43. The summed E-state index contributed by atoms with van der Waals surface area (Å²) in [4.78, 5) is 28.3. The van der Waals surface area contributed by atoms with Gasteiger partial charge in [-0.05, 0) is 61.6 Å². The molecule has 3 aliphatic rings. The van der Waals surface area contributed by atoms with Gasteiger partial charge in [-0.25, -0.2) is 19.3 Å². The monoisotopic (exact) mass is 437 g/mol. The van der Waals surface area contributed by atoms with E-state index in [0.717, 1.165) is 25.1 Å². The van der Waals surface area contributed by atoms with Gasteiger partial charge in [-0.2, -0.15) is 0 Å². The third kappa shape index (κ3) is 3.97. The van der Waals surface area contributed by atoms with E-state index >= 15 is 0 Å². The minimum absolute atomic E-state index is 0.0320. The Morgan fingerprint density at radius 2 is 1.97 bits per heavy atom. The molecule has 1 saturated carbocycles. The molecule has 6 nitrogen and oxygen atoms in total. The van der Waals surface area contributed by atoms with Gasteiger partial charge >= 0.3 is 0 Å². The molecule has 0 spiro atoms. The van der Waals surface area contributed by atoms with Gasteiger partial charge in [0.15, 0.2) is 5.82 Å². The predicted molar refractivity (Wildman–Crippen MR) is 116 cm³/mol. The van der Waals surface area contributed by atoms with Gasteiger partial charge in [-0.1, -0.05) is 11.6 Å². The van der Waals surface area contributed by atoms with Crippen molar-refractivity contribution >= 4 is 23.3 Å². The van der Waals surface area contributed by atoms with Gasteiger partial charge in [0.2, 0.25) is 0 Å². The molecule has 3 fully saturated rings. The molecular formula is C23H21ClFN5O. The Morgan fingerprint density at radius 3 is 2.71 bits per heavy atom. The lowest BCUT2D eigenvalue weighted by Crippen LogP contribution is -2.59. The van der Waals surface area contributed by atoms with Crippen LogP contribution < -0.4 is 5.32 Å². The van der Waals surface area contributed by atoms with Crippen molar-refractivity contribution in [1.82, 2.24) is 19.9 Å². The Balaban J connectivity index is 1.44. The molecule has 4 heterocycles. The van der Waals surface area contributed by atoms with E-state index in [9.17, 15) is 9.18 Å². The van der Waals surface area contributed by atoms with Crippen LogP contribution in [0.4, 0.5) is 10.2 Å². The molecule has 158 valence electrons. The maximum absolute atomic E-state index is 14.0. The van der Waals surface area contributed by atoms with Crippen LogP contribution in [0.5, 0.6) is 0 Å². The molecule has 0 radical (unpaired) electrons. The minimum atomic E-state index is -0.424. The number of amides is 1. The molecule has 31 heavy (non-hydrogen) atoms. The Labute approximate surface area is 184 Å². The molecule has 8 heteroatoms. The molecular weight excluding hydrogens is 417 g/mol. The first-order valence-corrected chi connectivity index (χ1v) is 10.7. The van der Waals surface area contributed by atoms with Crippen molar-refractivity contribution < 1.29 is 9.18 Å². The Bertz CT molecular complexity index is 1090. The number of piperidine rings is 2. The van der Waals surface area contributed by atoms with Gasteiger partial charge < -0.3 is 10.2 Å². The summed E-state index contributed by atoms with van der Waals surface area (Å²) in [5, 5.41) is 4.07. The van der Waals surface area contributed by atoms with E-state index < -0.39 is 5.82 Å². The van der Waals surface area contributed by atoms with Crippen LogP contribution in [0.2, 0.25) is 5.02 Å². The molecule has 2 aliphatic heterocycles. The SMILES string of the molecule is O=C(c1ccc(F)cc1-c1ncccn1)N1CC2CCC1C(Nc1ccc(Cl)cn1)C2. The number of carbonyl (C=O) groups is 1. The van der Waals surface area contributed by atoms with Gasteiger partial charge in [0.05, 0.1) is 16.6 Å².